The largest absolute Gasteiger partial charge is 0.193 e. The van der Waals surface area contributed by atoms with Crippen molar-refractivity contribution in [1.29, 1.82) is 5.26 Å². The van der Waals surface area contributed by atoms with Crippen molar-refractivity contribution in [3.63, 3.8) is 0 Å². The second-order valence-electron chi connectivity index (χ2n) is 5.83. The van der Waals surface area contributed by atoms with Crippen LogP contribution in [0, 0.1) is 34.5 Å². The van der Waals surface area contributed by atoms with Crippen LogP contribution < -0.4 is 0 Å². The fourth-order valence-electron chi connectivity index (χ4n) is 4.70. The lowest BCUT2D eigenvalue weighted by atomic mass is 9.48. The molecule has 4 fully saturated rings. The van der Waals surface area contributed by atoms with E-state index < -0.39 is 0 Å². The molecule has 4 rings (SSSR count). The van der Waals surface area contributed by atoms with Gasteiger partial charge >= 0.3 is 0 Å². The molecule has 0 radical (unpaired) electrons. The quantitative estimate of drug-likeness (QED) is 0.617. The molecule has 0 amide bonds. The number of hydrogen-bond acceptors (Lipinski definition) is 1. The lowest BCUT2D eigenvalue weighted by Crippen LogP contribution is -2.46. The summed E-state index contributed by atoms with van der Waals surface area (Å²) >= 11 is 5.82. The molecule has 0 aromatic heterocycles. The zero-order valence-corrected chi connectivity index (χ0v) is 9.63. The van der Waals surface area contributed by atoms with E-state index in [4.69, 9.17) is 11.6 Å². The van der Waals surface area contributed by atoms with Crippen LogP contribution in [0.3, 0.4) is 0 Å². The molecule has 0 unspecified atom stereocenters. The molecule has 4 bridgehead atoms. The first-order valence-corrected chi connectivity index (χ1v) is 6.40. The van der Waals surface area contributed by atoms with Gasteiger partial charge in [0.1, 0.15) is 0 Å². The SMILES string of the molecule is N#C/C(=C\Cl)C12CC3CC(CC(C3)C1)C2. The number of nitrogens with zero attached hydrogens (tertiary/aromatic N) is 1. The molecule has 0 aliphatic heterocycles. The summed E-state index contributed by atoms with van der Waals surface area (Å²) in [5, 5.41) is 9.18. The average molecular weight is 222 g/mol. The lowest BCUT2D eigenvalue weighted by molar-refractivity contribution is -0.0279. The van der Waals surface area contributed by atoms with E-state index in [9.17, 15) is 5.26 Å². The highest BCUT2D eigenvalue weighted by molar-refractivity contribution is 6.26. The van der Waals surface area contributed by atoms with E-state index in [-0.39, 0.29) is 5.41 Å². The first-order chi connectivity index (χ1) is 7.25. The van der Waals surface area contributed by atoms with Crippen LogP contribution in [0.15, 0.2) is 11.1 Å². The van der Waals surface area contributed by atoms with Crippen molar-refractivity contribution in [2.24, 2.45) is 23.2 Å². The maximum atomic E-state index is 9.18. The maximum Gasteiger partial charge on any atom is 0.0962 e. The Balaban J connectivity index is 1.97. The third-order valence-corrected chi connectivity index (χ3v) is 5.06. The predicted molar refractivity (Wildman–Crippen MR) is 60.2 cm³/mol. The van der Waals surface area contributed by atoms with E-state index in [0.717, 1.165) is 23.3 Å². The van der Waals surface area contributed by atoms with Gasteiger partial charge in [-0.05, 0) is 56.3 Å². The van der Waals surface area contributed by atoms with Gasteiger partial charge in [0.25, 0.3) is 0 Å². The molecule has 0 N–H and O–H groups in total. The first-order valence-electron chi connectivity index (χ1n) is 5.97. The van der Waals surface area contributed by atoms with Gasteiger partial charge in [-0.2, -0.15) is 5.26 Å². The summed E-state index contributed by atoms with van der Waals surface area (Å²) in [4.78, 5) is 0. The van der Waals surface area contributed by atoms with E-state index in [1.165, 1.54) is 38.5 Å². The van der Waals surface area contributed by atoms with Gasteiger partial charge in [0.15, 0.2) is 0 Å². The third-order valence-electron chi connectivity index (χ3n) is 4.84. The van der Waals surface area contributed by atoms with E-state index >= 15 is 0 Å². The zero-order valence-electron chi connectivity index (χ0n) is 8.88. The smallest absolute Gasteiger partial charge is 0.0962 e. The standard InChI is InChI=1S/C13H16ClN/c14-7-12(8-15)13-4-9-1-10(5-13)3-11(2-9)6-13/h7,9-11H,1-6H2/b12-7+. The van der Waals surface area contributed by atoms with Gasteiger partial charge in [-0.1, -0.05) is 11.6 Å². The number of nitriles is 1. The van der Waals surface area contributed by atoms with Gasteiger partial charge in [0, 0.05) is 16.5 Å². The van der Waals surface area contributed by atoms with Crippen LogP contribution in [-0.4, -0.2) is 0 Å². The summed E-state index contributed by atoms with van der Waals surface area (Å²) in [6, 6.07) is 2.34. The molecule has 4 aliphatic carbocycles. The minimum absolute atomic E-state index is 0.186. The van der Waals surface area contributed by atoms with E-state index in [1.54, 1.807) is 5.54 Å². The number of rotatable bonds is 1. The average Bonchev–Trinajstić information content (AvgIpc) is 2.16. The Hall–Kier alpha value is -0.480. The van der Waals surface area contributed by atoms with Crippen molar-refractivity contribution in [2.45, 2.75) is 38.5 Å². The van der Waals surface area contributed by atoms with Crippen molar-refractivity contribution >= 4 is 11.6 Å². The predicted octanol–water partition coefficient (Wildman–Crippen LogP) is 3.85. The number of halogens is 1. The van der Waals surface area contributed by atoms with E-state index in [2.05, 4.69) is 6.07 Å². The van der Waals surface area contributed by atoms with Gasteiger partial charge < -0.3 is 0 Å². The molecule has 0 spiro atoms. The summed E-state index contributed by atoms with van der Waals surface area (Å²) in [7, 11) is 0. The zero-order chi connectivity index (χ0) is 10.5. The normalized spacial score (nSPS) is 48.0. The molecule has 2 heteroatoms. The molecule has 0 heterocycles. The Morgan fingerprint density at radius 1 is 1.13 bits per heavy atom. The maximum absolute atomic E-state index is 9.18. The third kappa shape index (κ3) is 1.35. The minimum Gasteiger partial charge on any atom is -0.193 e. The molecule has 4 aliphatic rings. The molecule has 15 heavy (non-hydrogen) atoms. The first kappa shape index (κ1) is 9.73. The monoisotopic (exact) mass is 221 g/mol. The Kier molecular flexibility index (Phi) is 2.11. The van der Waals surface area contributed by atoms with Crippen LogP contribution in [0.5, 0.6) is 0 Å². The van der Waals surface area contributed by atoms with Crippen molar-refractivity contribution < 1.29 is 0 Å². The van der Waals surface area contributed by atoms with Crippen LogP contribution in [-0.2, 0) is 0 Å². The van der Waals surface area contributed by atoms with E-state index in [1.807, 2.05) is 0 Å². The van der Waals surface area contributed by atoms with Crippen LogP contribution in [0.2, 0.25) is 0 Å². The molecule has 4 saturated carbocycles. The van der Waals surface area contributed by atoms with Crippen LogP contribution >= 0.6 is 11.6 Å². The van der Waals surface area contributed by atoms with Gasteiger partial charge in [-0.3, -0.25) is 0 Å². The molecule has 0 aromatic carbocycles. The van der Waals surface area contributed by atoms with Gasteiger partial charge in [-0.15, -0.1) is 0 Å². The van der Waals surface area contributed by atoms with E-state index in [0.29, 0.717) is 0 Å². The highest BCUT2D eigenvalue weighted by atomic mass is 35.5. The van der Waals surface area contributed by atoms with Gasteiger partial charge in [0.05, 0.1) is 6.07 Å². The fraction of sp³-hybridized carbons (Fsp3) is 0.769. The summed E-state index contributed by atoms with van der Waals surface area (Å²) in [5.41, 5.74) is 2.60. The second-order valence-corrected chi connectivity index (χ2v) is 6.05. The molecule has 0 atom stereocenters. The topological polar surface area (TPSA) is 23.8 Å². The molecule has 0 aromatic rings. The highest BCUT2D eigenvalue weighted by Gasteiger charge is 2.52. The molecule has 0 saturated heterocycles. The summed E-state index contributed by atoms with van der Waals surface area (Å²) < 4.78 is 0. The number of allylic oxidation sites excluding steroid dienone is 1. The Labute approximate surface area is 96.1 Å². The lowest BCUT2D eigenvalue weighted by Gasteiger charge is -2.56. The fourth-order valence-corrected chi connectivity index (χ4v) is 4.98. The molecular weight excluding hydrogens is 206 g/mol. The van der Waals surface area contributed by atoms with Crippen LogP contribution in [0.1, 0.15) is 38.5 Å². The van der Waals surface area contributed by atoms with Gasteiger partial charge in [0.2, 0.25) is 0 Å². The Bertz CT molecular complexity index is 315. The van der Waals surface area contributed by atoms with Crippen molar-refractivity contribution in [1.82, 2.24) is 0 Å². The highest BCUT2D eigenvalue weighted by Crippen LogP contribution is 2.62. The molecular formula is C13H16ClN. The summed E-state index contributed by atoms with van der Waals surface area (Å²) in [6.07, 6.45) is 7.93. The Morgan fingerprint density at radius 2 is 1.60 bits per heavy atom. The Morgan fingerprint density at radius 3 is 1.93 bits per heavy atom. The summed E-state index contributed by atoms with van der Waals surface area (Å²) in [5.74, 6) is 2.66. The minimum atomic E-state index is 0.186. The molecule has 1 nitrogen and oxygen atoms in total. The van der Waals surface area contributed by atoms with Crippen molar-refractivity contribution in [2.75, 3.05) is 0 Å². The van der Waals surface area contributed by atoms with Crippen LogP contribution in [0.4, 0.5) is 0 Å². The second kappa shape index (κ2) is 3.25. The summed E-state index contributed by atoms with van der Waals surface area (Å²) in [6.45, 7) is 0. The van der Waals surface area contributed by atoms with Gasteiger partial charge in [-0.25, -0.2) is 0 Å². The number of hydrogen-bond donors (Lipinski definition) is 0. The molecule has 80 valence electrons. The van der Waals surface area contributed by atoms with Crippen molar-refractivity contribution in [3.05, 3.63) is 11.1 Å². The van der Waals surface area contributed by atoms with Crippen LogP contribution in [0.25, 0.3) is 0 Å². The van der Waals surface area contributed by atoms with Crippen molar-refractivity contribution in [3.8, 4) is 6.07 Å².